The molecule has 1 aromatic carbocycles. The van der Waals surface area contributed by atoms with Crippen molar-refractivity contribution in [3.05, 3.63) is 48.1 Å². The van der Waals surface area contributed by atoms with E-state index in [-0.39, 0.29) is 5.57 Å². The Morgan fingerprint density at radius 3 is 2.87 bits per heavy atom. The van der Waals surface area contributed by atoms with Crippen molar-refractivity contribution in [1.29, 1.82) is 0 Å². The van der Waals surface area contributed by atoms with Crippen LogP contribution in [0, 0.1) is 0 Å². The van der Waals surface area contributed by atoms with Crippen molar-refractivity contribution in [2.75, 3.05) is 0 Å². The molecule has 1 aliphatic heterocycles. The van der Waals surface area contributed by atoms with Crippen molar-refractivity contribution in [3.8, 4) is 5.75 Å². The minimum atomic E-state index is -1.04. The number of carboxylic acid groups (broad SMARTS) is 1. The summed E-state index contributed by atoms with van der Waals surface area (Å²) >= 11 is 0. The van der Waals surface area contributed by atoms with Gasteiger partial charge in [-0.15, -0.1) is 0 Å². The first-order valence-corrected chi connectivity index (χ1v) is 4.54. The molecule has 1 N–H and O–H groups in total. The average molecular weight is 202 g/mol. The van der Waals surface area contributed by atoms with Crippen molar-refractivity contribution in [2.45, 2.75) is 6.10 Å². The van der Waals surface area contributed by atoms with Gasteiger partial charge in [-0.2, -0.15) is 0 Å². The lowest BCUT2D eigenvalue weighted by molar-refractivity contribution is -0.133. The van der Waals surface area contributed by atoms with E-state index in [1.807, 2.05) is 24.3 Å². The Hall–Kier alpha value is -2.03. The minimum absolute atomic E-state index is 0.0424. The van der Waals surface area contributed by atoms with Gasteiger partial charge in [-0.3, -0.25) is 0 Å². The molecular formula is C12H10O3. The molecular weight excluding hydrogens is 192 g/mol. The highest BCUT2D eigenvalue weighted by Gasteiger charge is 2.21. The van der Waals surface area contributed by atoms with Crippen LogP contribution in [-0.2, 0) is 4.79 Å². The van der Waals surface area contributed by atoms with Crippen LogP contribution in [0.3, 0.4) is 0 Å². The predicted molar refractivity (Wildman–Crippen MR) is 56.7 cm³/mol. The first kappa shape index (κ1) is 9.52. The number of fused-ring (bicyclic) bond motifs is 1. The van der Waals surface area contributed by atoms with Gasteiger partial charge in [0.2, 0.25) is 0 Å². The fourth-order valence-electron chi connectivity index (χ4n) is 1.40. The Kier molecular flexibility index (Phi) is 2.29. The fourth-order valence-corrected chi connectivity index (χ4v) is 1.40. The molecule has 0 spiro atoms. The maximum atomic E-state index is 10.7. The third kappa shape index (κ3) is 1.76. The van der Waals surface area contributed by atoms with E-state index < -0.39 is 12.1 Å². The Morgan fingerprint density at radius 1 is 1.40 bits per heavy atom. The number of carboxylic acids is 1. The summed E-state index contributed by atoms with van der Waals surface area (Å²) in [7, 11) is 0. The molecule has 0 saturated carbocycles. The van der Waals surface area contributed by atoms with E-state index in [2.05, 4.69) is 6.58 Å². The molecule has 15 heavy (non-hydrogen) atoms. The van der Waals surface area contributed by atoms with Gasteiger partial charge in [0.05, 0.1) is 5.57 Å². The Balaban J connectivity index is 2.26. The van der Waals surface area contributed by atoms with Gasteiger partial charge in [0.1, 0.15) is 11.9 Å². The molecule has 0 amide bonds. The van der Waals surface area contributed by atoms with Gasteiger partial charge in [-0.1, -0.05) is 30.9 Å². The van der Waals surface area contributed by atoms with E-state index >= 15 is 0 Å². The second-order valence-corrected chi connectivity index (χ2v) is 3.27. The number of hydrogen-bond donors (Lipinski definition) is 1. The highest BCUT2D eigenvalue weighted by atomic mass is 16.5. The summed E-state index contributed by atoms with van der Waals surface area (Å²) in [4.78, 5) is 10.7. The molecule has 0 aliphatic carbocycles. The minimum Gasteiger partial charge on any atom is -0.481 e. The largest absolute Gasteiger partial charge is 0.481 e. The number of hydrogen-bond acceptors (Lipinski definition) is 2. The van der Waals surface area contributed by atoms with Crippen LogP contribution in [0.1, 0.15) is 5.56 Å². The number of benzene rings is 1. The summed E-state index contributed by atoms with van der Waals surface area (Å²) in [5.74, 6) is -0.351. The van der Waals surface area contributed by atoms with Crippen LogP contribution in [0.25, 0.3) is 6.08 Å². The zero-order chi connectivity index (χ0) is 10.8. The predicted octanol–water partition coefficient (Wildman–Crippen LogP) is 2.10. The SMILES string of the molecule is C=C(C(=O)O)C1C=Cc2ccccc2O1. The summed E-state index contributed by atoms with van der Waals surface area (Å²) in [5, 5.41) is 8.77. The molecule has 3 heteroatoms. The van der Waals surface area contributed by atoms with Crippen LogP contribution in [0.15, 0.2) is 42.5 Å². The molecule has 1 aromatic rings. The first-order valence-electron chi connectivity index (χ1n) is 4.54. The van der Waals surface area contributed by atoms with Crippen LogP contribution in [-0.4, -0.2) is 17.2 Å². The first-order chi connectivity index (χ1) is 7.18. The molecule has 3 nitrogen and oxygen atoms in total. The molecule has 1 unspecified atom stereocenters. The van der Waals surface area contributed by atoms with Crippen molar-refractivity contribution < 1.29 is 14.6 Å². The second-order valence-electron chi connectivity index (χ2n) is 3.27. The molecule has 0 fully saturated rings. The maximum absolute atomic E-state index is 10.7. The van der Waals surface area contributed by atoms with E-state index in [1.54, 1.807) is 12.1 Å². The third-order valence-electron chi connectivity index (χ3n) is 2.24. The van der Waals surface area contributed by atoms with Crippen molar-refractivity contribution in [2.24, 2.45) is 0 Å². The normalized spacial score (nSPS) is 17.7. The molecule has 1 atom stereocenters. The monoisotopic (exact) mass is 202 g/mol. The van der Waals surface area contributed by atoms with Gasteiger partial charge in [-0.05, 0) is 12.1 Å². The van der Waals surface area contributed by atoms with Gasteiger partial charge in [0, 0.05) is 5.56 Å². The summed E-state index contributed by atoms with van der Waals surface area (Å²) in [6.45, 7) is 3.48. The standard InChI is InChI=1S/C12H10O3/c1-8(12(13)14)10-7-6-9-4-2-3-5-11(9)15-10/h2-7,10H,1H2,(H,13,14). The van der Waals surface area contributed by atoms with Crippen LogP contribution >= 0.6 is 0 Å². The zero-order valence-electron chi connectivity index (χ0n) is 8.01. The number of para-hydroxylation sites is 1. The molecule has 76 valence electrons. The lowest BCUT2D eigenvalue weighted by atomic mass is 10.1. The lowest BCUT2D eigenvalue weighted by Gasteiger charge is -2.21. The number of rotatable bonds is 2. The van der Waals surface area contributed by atoms with Gasteiger partial charge in [0.25, 0.3) is 0 Å². The van der Waals surface area contributed by atoms with Crippen molar-refractivity contribution in [1.82, 2.24) is 0 Å². The smallest absolute Gasteiger partial charge is 0.335 e. The number of aliphatic carboxylic acids is 1. The molecule has 0 saturated heterocycles. The van der Waals surface area contributed by atoms with E-state index in [0.29, 0.717) is 5.75 Å². The molecule has 0 aromatic heterocycles. The summed E-state index contributed by atoms with van der Waals surface area (Å²) < 4.78 is 5.49. The number of ether oxygens (including phenoxy) is 1. The van der Waals surface area contributed by atoms with Gasteiger partial charge >= 0.3 is 5.97 Å². The van der Waals surface area contributed by atoms with Crippen LogP contribution in [0.2, 0.25) is 0 Å². The zero-order valence-corrected chi connectivity index (χ0v) is 8.01. The molecule has 0 bridgehead atoms. The Labute approximate surface area is 87.3 Å². The average Bonchev–Trinajstić information content (AvgIpc) is 2.27. The van der Waals surface area contributed by atoms with E-state index in [4.69, 9.17) is 9.84 Å². The van der Waals surface area contributed by atoms with Crippen molar-refractivity contribution in [3.63, 3.8) is 0 Å². The summed E-state index contributed by atoms with van der Waals surface area (Å²) in [6.07, 6.45) is 2.97. The van der Waals surface area contributed by atoms with E-state index in [0.717, 1.165) is 5.56 Å². The van der Waals surface area contributed by atoms with E-state index in [9.17, 15) is 4.79 Å². The van der Waals surface area contributed by atoms with Crippen LogP contribution in [0.5, 0.6) is 5.75 Å². The second kappa shape index (κ2) is 3.61. The maximum Gasteiger partial charge on any atom is 0.335 e. The van der Waals surface area contributed by atoms with E-state index in [1.165, 1.54) is 0 Å². The molecule has 1 heterocycles. The van der Waals surface area contributed by atoms with Gasteiger partial charge in [-0.25, -0.2) is 4.79 Å². The van der Waals surface area contributed by atoms with Gasteiger partial charge in [0.15, 0.2) is 0 Å². The Morgan fingerprint density at radius 2 is 2.13 bits per heavy atom. The topological polar surface area (TPSA) is 46.5 Å². The summed E-state index contributed by atoms with van der Waals surface area (Å²) in [6, 6.07) is 7.46. The fraction of sp³-hybridized carbons (Fsp3) is 0.0833. The van der Waals surface area contributed by atoms with Crippen LogP contribution in [0.4, 0.5) is 0 Å². The quantitative estimate of drug-likeness (QED) is 0.747. The lowest BCUT2D eigenvalue weighted by Crippen LogP contribution is -2.23. The summed E-state index contributed by atoms with van der Waals surface area (Å²) in [5.41, 5.74) is 0.993. The highest BCUT2D eigenvalue weighted by Crippen LogP contribution is 2.27. The van der Waals surface area contributed by atoms with Crippen LogP contribution < -0.4 is 4.74 Å². The third-order valence-corrected chi connectivity index (χ3v) is 2.24. The number of carbonyl (C=O) groups is 1. The molecule has 1 aliphatic rings. The van der Waals surface area contributed by atoms with Crippen molar-refractivity contribution >= 4 is 12.0 Å². The Bertz CT molecular complexity index is 446. The molecule has 2 rings (SSSR count). The highest BCUT2D eigenvalue weighted by molar-refractivity contribution is 5.88. The van der Waals surface area contributed by atoms with Gasteiger partial charge < -0.3 is 9.84 Å². The molecule has 0 radical (unpaired) electrons.